The summed E-state index contributed by atoms with van der Waals surface area (Å²) in [5.41, 5.74) is -4.12. The lowest BCUT2D eigenvalue weighted by molar-refractivity contribution is -0.384. The van der Waals surface area contributed by atoms with E-state index in [1.54, 1.807) is 0 Å². The average Bonchev–Trinajstić information content (AvgIpc) is 2.55. The number of carbonyl (C=O) groups is 2. The van der Waals surface area contributed by atoms with Crippen LogP contribution in [-0.4, -0.2) is 23.3 Å². The summed E-state index contributed by atoms with van der Waals surface area (Å²) in [5, 5.41) is 11.4. The maximum Gasteiger partial charge on any atom is 0.379 e. The van der Waals surface area contributed by atoms with Gasteiger partial charge in [0.05, 0.1) is 17.1 Å². The van der Waals surface area contributed by atoms with Crippen molar-refractivity contribution in [3.05, 3.63) is 63.5 Å². The number of hydrogen-bond donors (Lipinski definition) is 0. The number of rotatable bonds is 5. The molecule has 0 amide bonds. The Balaban J connectivity index is 2.82. The zero-order valence-electron chi connectivity index (χ0n) is 12.7. The molecule has 0 N–H and O–H groups in total. The third-order valence-electron chi connectivity index (χ3n) is 3.23. The number of benzene rings is 2. The third-order valence-corrected chi connectivity index (χ3v) is 3.23. The highest BCUT2D eigenvalue weighted by molar-refractivity contribution is 6.41. The number of nitrogens with zero attached hydrogens (tertiary/aromatic N) is 1. The van der Waals surface area contributed by atoms with Gasteiger partial charge in [-0.2, -0.15) is 0 Å². The maximum atomic E-state index is 14.2. The molecule has 0 bridgehead atoms. The van der Waals surface area contributed by atoms with Crippen LogP contribution in [-0.2, 0) is 9.53 Å². The number of ether oxygens (including phenoxy) is 1. The third kappa shape index (κ3) is 3.35. The summed E-state index contributed by atoms with van der Waals surface area (Å²) in [6.07, 6.45) is 0. The van der Waals surface area contributed by atoms with Gasteiger partial charge in [-0.25, -0.2) is 18.0 Å². The van der Waals surface area contributed by atoms with Gasteiger partial charge in [0.2, 0.25) is 0 Å². The Labute approximate surface area is 139 Å². The second-order valence-electron chi connectivity index (χ2n) is 4.72. The molecular formula is C16H10F3NO5. The molecule has 6 nitrogen and oxygen atoms in total. The molecule has 9 heteroatoms. The molecule has 0 heterocycles. The van der Waals surface area contributed by atoms with Gasteiger partial charge in [0.25, 0.3) is 11.5 Å². The highest BCUT2D eigenvalue weighted by atomic mass is 19.1. The Bertz CT molecular complexity index is 862. The van der Waals surface area contributed by atoms with Gasteiger partial charge in [-0.3, -0.25) is 14.9 Å². The number of esters is 1. The largest absolute Gasteiger partial charge is 0.460 e. The molecule has 25 heavy (non-hydrogen) atoms. The van der Waals surface area contributed by atoms with Crippen molar-refractivity contribution in [1.82, 2.24) is 0 Å². The highest BCUT2D eigenvalue weighted by Crippen LogP contribution is 2.38. The fourth-order valence-electron chi connectivity index (χ4n) is 2.22. The van der Waals surface area contributed by atoms with Crippen LogP contribution in [0.5, 0.6) is 0 Å². The van der Waals surface area contributed by atoms with E-state index < -0.39 is 56.5 Å². The van der Waals surface area contributed by atoms with Crippen LogP contribution < -0.4 is 0 Å². The van der Waals surface area contributed by atoms with Crippen LogP contribution in [0.25, 0.3) is 11.1 Å². The number of halogens is 3. The van der Waals surface area contributed by atoms with Gasteiger partial charge in [-0.15, -0.1) is 0 Å². The first-order valence-corrected chi connectivity index (χ1v) is 6.92. The number of Topliss-reactive ketones (excluding diaryl/α,β-unsaturated/α-hetero) is 1. The van der Waals surface area contributed by atoms with E-state index in [4.69, 9.17) is 0 Å². The fourth-order valence-corrected chi connectivity index (χ4v) is 2.22. The molecule has 0 saturated heterocycles. The molecule has 0 aliphatic rings. The molecule has 0 aliphatic heterocycles. The minimum atomic E-state index is -1.42. The van der Waals surface area contributed by atoms with Crippen LogP contribution in [0, 0.1) is 27.6 Å². The van der Waals surface area contributed by atoms with E-state index >= 15 is 0 Å². The quantitative estimate of drug-likeness (QED) is 0.270. The van der Waals surface area contributed by atoms with Gasteiger partial charge >= 0.3 is 5.97 Å². The summed E-state index contributed by atoms with van der Waals surface area (Å²) in [5.74, 6) is -6.68. The topological polar surface area (TPSA) is 86.5 Å². The first kappa shape index (κ1) is 18.1. The average molecular weight is 353 g/mol. The zero-order valence-corrected chi connectivity index (χ0v) is 12.7. The summed E-state index contributed by atoms with van der Waals surface area (Å²) in [6.45, 7) is 1.23. The molecular weight excluding hydrogens is 343 g/mol. The van der Waals surface area contributed by atoms with Crippen LogP contribution >= 0.6 is 0 Å². The Morgan fingerprint density at radius 2 is 1.60 bits per heavy atom. The minimum Gasteiger partial charge on any atom is -0.460 e. The van der Waals surface area contributed by atoms with Crippen molar-refractivity contribution in [1.29, 1.82) is 0 Å². The second-order valence-corrected chi connectivity index (χ2v) is 4.72. The van der Waals surface area contributed by atoms with E-state index in [2.05, 4.69) is 4.74 Å². The smallest absolute Gasteiger partial charge is 0.379 e. The maximum absolute atomic E-state index is 14.2. The number of nitro groups is 1. The van der Waals surface area contributed by atoms with Gasteiger partial charge in [0, 0.05) is 0 Å². The van der Waals surface area contributed by atoms with Crippen molar-refractivity contribution >= 4 is 17.4 Å². The fraction of sp³-hybridized carbons (Fsp3) is 0.125. The molecule has 0 aliphatic carbocycles. The molecule has 0 saturated carbocycles. The van der Waals surface area contributed by atoms with Crippen molar-refractivity contribution in [3.63, 3.8) is 0 Å². The molecule has 0 unspecified atom stereocenters. The van der Waals surface area contributed by atoms with Crippen LogP contribution in [0.3, 0.4) is 0 Å². The van der Waals surface area contributed by atoms with E-state index in [0.717, 1.165) is 18.2 Å². The molecule has 0 radical (unpaired) electrons. The number of hydrogen-bond acceptors (Lipinski definition) is 5. The lowest BCUT2D eigenvalue weighted by Gasteiger charge is -2.10. The van der Waals surface area contributed by atoms with Crippen LogP contribution in [0.15, 0.2) is 30.3 Å². The Hall–Kier alpha value is -3.23. The second kappa shape index (κ2) is 7.12. The van der Waals surface area contributed by atoms with Gasteiger partial charge in [0.1, 0.15) is 28.6 Å². The van der Waals surface area contributed by atoms with Crippen molar-refractivity contribution in [3.8, 4) is 11.1 Å². The first-order chi connectivity index (χ1) is 11.8. The molecule has 2 aromatic rings. The summed E-state index contributed by atoms with van der Waals surface area (Å²) in [4.78, 5) is 33.8. The monoisotopic (exact) mass is 353 g/mol. The van der Waals surface area contributed by atoms with Crippen molar-refractivity contribution in [2.75, 3.05) is 6.61 Å². The van der Waals surface area contributed by atoms with Crippen LogP contribution in [0.2, 0.25) is 0 Å². The molecule has 2 aromatic carbocycles. The van der Waals surface area contributed by atoms with E-state index in [9.17, 15) is 32.9 Å². The summed E-state index contributed by atoms with van der Waals surface area (Å²) < 4.78 is 46.6. The number of carbonyl (C=O) groups excluding carboxylic acids is 2. The molecule has 0 fully saturated rings. The van der Waals surface area contributed by atoms with Gasteiger partial charge in [-0.1, -0.05) is 6.07 Å². The summed E-state index contributed by atoms with van der Waals surface area (Å²) in [7, 11) is 0. The summed E-state index contributed by atoms with van der Waals surface area (Å²) in [6, 6.07) is 3.85. The van der Waals surface area contributed by atoms with Crippen LogP contribution in [0.1, 0.15) is 17.3 Å². The van der Waals surface area contributed by atoms with Gasteiger partial charge < -0.3 is 4.74 Å². The lowest BCUT2D eigenvalue weighted by atomic mass is 9.96. The van der Waals surface area contributed by atoms with Crippen molar-refractivity contribution in [2.45, 2.75) is 6.92 Å². The van der Waals surface area contributed by atoms with Gasteiger partial charge in [0.15, 0.2) is 0 Å². The Kier molecular flexibility index (Phi) is 5.16. The van der Waals surface area contributed by atoms with Crippen LogP contribution in [0.4, 0.5) is 18.9 Å². The molecule has 130 valence electrons. The highest BCUT2D eigenvalue weighted by Gasteiger charge is 2.34. The predicted molar refractivity (Wildman–Crippen MR) is 79.4 cm³/mol. The Morgan fingerprint density at radius 3 is 2.12 bits per heavy atom. The summed E-state index contributed by atoms with van der Waals surface area (Å²) >= 11 is 0. The SMILES string of the molecule is CCOC(=O)C(=O)c1ccc(F)c(-c2c(F)cccc2F)c1[N+](=O)[O-]. The Morgan fingerprint density at radius 1 is 1.04 bits per heavy atom. The van der Waals surface area contributed by atoms with E-state index in [1.165, 1.54) is 6.92 Å². The molecule has 2 rings (SSSR count). The van der Waals surface area contributed by atoms with Crippen molar-refractivity contribution in [2.24, 2.45) is 0 Å². The number of nitro benzene ring substituents is 1. The van der Waals surface area contributed by atoms with E-state index in [0.29, 0.717) is 12.1 Å². The predicted octanol–water partition coefficient (Wildman–Crippen LogP) is 3.42. The van der Waals surface area contributed by atoms with E-state index in [1.807, 2.05) is 0 Å². The molecule has 0 atom stereocenters. The normalized spacial score (nSPS) is 10.4. The first-order valence-electron chi connectivity index (χ1n) is 6.92. The zero-order chi connectivity index (χ0) is 18.7. The number of ketones is 1. The lowest BCUT2D eigenvalue weighted by Crippen LogP contribution is -2.19. The minimum absolute atomic E-state index is 0.172. The molecule has 0 aromatic heterocycles. The van der Waals surface area contributed by atoms with E-state index in [-0.39, 0.29) is 6.61 Å². The molecule has 0 spiro atoms. The van der Waals surface area contributed by atoms with Crippen molar-refractivity contribution < 1.29 is 32.4 Å². The van der Waals surface area contributed by atoms with Gasteiger partial charge in [-0.05, 0) is 31.2 Å². The standard InChI is InChI=1S/C16H10F3NO5/c1-2-25-16(22)15(21)8-6-7-11(19)13(14(8)20(23)24)12-9(17)4-3-5-10(12)18/h3-7H,2H2,1H3.